The molecule has 4 aliphatic rings. The quantitative estimate of drug-likeness (QED) is 0.0234. The molecule has 11 nitrogen and oxygen atoms in total. The van der Waals surface area contributed by atoms with Crippen LogP contribution >= 0.6 is 21.6 Å². The number of hydrogen-bond acceptors (Lipinski definition) is 8. The van der Waals surface area contributed by atoms with E-state index in [4.69, 9.17) is 33.4 Å². The number of aliphatic imine (C=N–C) groups is 2. The van der Waals surface area contributed by atoms with E-state index in [1.54, 1.807) is 10.8 Å². The van der Waals surface area contributed by atoms with E-state index in [0.29, 0.717) is 42.9 Å². The third kappa shape index (κ3) is 11.2. The zero-order valence-corrected chi connectivity index (χ0v) is 33.2. The van der Waals surface area contributed by atoms with Crippen molar-refractivity contribution in [3.8, 4) is 0 Å². The first kappa shape index (κ1) is 41.6. The summed E-state index contributed by atoms with van der Waals surface area (Å²) < 4.78 is 6.03. The molecule has 13 heteroatoms. The summed E-state index contributed by atoms with van der Waals surface area (Å²) in [6.07, 6.45) is 20.9. The molecule has 9 unspecified atom stereocenters. The Morgan fingerprint density at radius 3 is 2.53 bits per heavy atom. The maximum Gasteiger partial charge on any atom is 0.324 e. The van der Waals surface area contributed by atoms with Crippen LogP contribution in [0.1, 0.15) is 124 Å². The van der Waals surface area contributed by atoms with Crippen LogP contribution in [0.25, 0.3) is 0 Å². The van der Waals surface area contributed by atoms with Crippen LogP contribution in [0, 0.1) is 34.5 Å². The van der Waals surface area contributed by atoms with Gasteiger partial charge in [-0.15, -0.1) is 0 Å². The van der Waals surface area contributed by atoms with Crippen LogP contribution in [0.15, 0.2) is 21.6 Å². The summed E-state index contributed by atoms with van der Waals surface area (Å²) in [6, 6.07) is -1.35. The van der Waals surface area contributed by atoms with Crippen molar-refractivity contribution in [3.05, 3.63) is 11.6 Å². The van der Waals surface area contributed by atoms with E-state index >= 15 is 0 Å². The van der Waals surface area contributed by atoms with Crippen molar-refractivity contribution in [2.75, 3.05) is 24.6 Å². The molecule has 9 atom stereocenters. The largest absolute Gasteiger partial charge is 0.461 e. The molecule has 4 rings (SSSR count). The van der Waals surface area contributed by atoms with Crippen molar-refractivity contribution >= 4 is 45.4 Å². The first-order valence-electron chi connectivity index (χ1n) is 19.7. The van der Waals surface area contributed by atoms with Gasteiger partial charge in [0.1, 0.15) is 18.2 Å². The van der Waals surface area contributed by atoms with Gasteiger partial charge in [0.15, 0.2) is 11.9 Å². The number of fused-ring (bicyclic) bond motifs is 5. The SMILES string of the molecule is CCCCCCC1CCC2C3CC=C4CC(OC(=O)C(N)CSSCCNC(=O)C(CCCCN=C(N)N)N=C(N)N)CCC4(C)C3CCC12C. The molecule has 0 aromatic heterocycles. The highest BCUT2D eigenvalue weighted by Gasteiger charge is 2.58. The Bertz CT molecular complexity index is 1240. The van der Waals surface area contributed by atoms with Crippen molar-refractivity contribution in [3.63, 3.8) is 0 Å². The summed E-state index contributed by atoms with van der Waals surface area (Å²) in [6.45, 7) is 8.41. The van der Waals surface area contributed by atoms with Crippen molar-refractivity contribution in [1.29, 1.82) is 0 Å². The van der Waals surface area contributed by atoms with Gasteiger partial charge in [0.25, 0.3) is 0 Å². The molecule has 11 N–H and O–H groups in total. The average Bonchev–Trinajstić information content (AvgIpc) is 3.43. The molecule has 0 spiro atoms. The minimum atomic E-state index is -0.686. The van der Waals surface area contributed by atoms with Gasteiger partial charge in [-0.05, 0) is 105 Å². The number of rotatable bonds is 20. The molecule has 3 fully saturated rings. The van der Waals surface area contributed by atoms with Crippen LogP contribution in [0.4, 0.5) is 0 Å². The molecule has 0 aliphatic heterocycles. The Morgan fingerprint density at radius 1 is 0.980 bits per heavy atom. The normalized spacial score (nSPS) is 30.8. The van der Waals surface area contributed by atoms with E-state index in [9.17, 15) is 9.59 Å². The fourth-order valence-corrected chi connectivity index (χ4v) is 12.1. The minimum absolute atomic E-state index is 0.0460. The molecule has 0 heterocycles. The van der Waals surface area contributed by atoms with Crippen molar-refractivity contribution in [1.82, 2.24) is 5.32 Å². The number of nitrogens with zero attached hydrogens (tertiary/aromatic N) is 2. The number of carbonyl (C=O) groups excluding carboxylic acids is 2. The van der Waals surface area contributed by atoms with Crippen LogP contribution in [-0.4, -0.2) is 66.6 Å². The Balaban J connectivity index is 1.16. The lowest BCUT2D eigenvalue weighted by atomic mass is 9.47. The van der Waals surface area contributed by atoms with Crippen LogP contribution in [0.5, 0.6) is 0 Å². The van der Waals surface area contributed by atoms with Gasteiger partial charge in [0.05, 0.1) is 0 Å². The van der Waals surface area contributed by atoms with Crippen LogP contribution in [0.3, 0.4) is 0 Å². The Morgan fingerprint density at radius 2 is 1.78 bits per heavy atom. The minimum Gasteiger partial charge on any atom is -0.461 e. The van der Waals surface area contributed by atoms with Crippen molar-refractivity contribution < 1.29 is 14.3 Å². The van der Waals surface area contributed by atoms with E-state index in [0.717, 1.165) is 49.4 Å². The van der Waals surface area contributed by atoms with Gasteiger partial charge in [-0.3, -0.25) is 14.6 Å². The average molecular weight is 749 g/mol. The number of nitrogens with one attached hydrogen (secondary N) is 1. The van der Waals surface area contributed by atoms with Gasteiger partial charge in [-0.2, -0.15) is 0 Å². The highest BCUT2D eigenvalue weighted by Crippen LogP contribution is 2.66. The number of hydrogen-bond donors (Lipinski definition) is 6. The summed E-state index contributed by atoms with van der Waals surface area (Å²) in [5.74, 6) is 3.80. The third-order valence-corrected chi connectivity index (χ3v) is 15.3. The molecule has 0 radical (unpaired) electrons. The molecule has 1 amide bonds. The van der Waals surface area contributed by atoms with Crippen molar-refractivity contribution in [2.24, 2.45) is 73.2 Å². The zero-order valence-electron chi connectivity index (χ0n) is 31.6. The van der Waals surface area contributed by atoms with Gasteiger partial charge in [0, 0.05) is 31.0 Å². The summed E-state index contributed by atoms with van der Waals surface area (Å²) in [7, 11) is 3.07. The van der Waals surface area contributed by atoms with Gasteiger partial charge in [0.2, 0.25) is 5.91 Å². The van der Waals surface area contributed by atoms with E-state index in [1.807, 2.05) is 0 Å². The van der Waals surface area contributed by atoms with Gasteiger partial charge in [-0.25, -0.2) is 4.99 Å². The number of guanidine groups is 2. The lowest BCUT2D eigenvalue weighted by Crippen LogP contribution is -2.50. The number of carbonyl (C=O) groups is 2. The molecule has 290 valence electrons. The highest BCUT2D eigenvalue weighted by atomic mass is 33.1. The molecule has 0 aromatic rings. The van der Waals surface area contributed by atoms with E-state index in [-0.39, 0.29) is 35.3 Å². The molecular weight excluding hydrogens is 681 g/mol. The fraction of sp³-hybridized carbons (Fsp3) is 0.842. The smallest absolute Gasteiger partial charge is 0.324 e. The van der Waals surface area contributed by atoms with Crippen molar-refractivity contribution in [2.45, 2.75) is 142 Å². The summed E-state index contributed by atoms with van der Waals surface area (Å²) >= 11 is 0. The number of allylic oxidation sites excluding steroid dienone is 1. The fourth-order valence-electron chi connectivity index (χ4n) is 10.1. The number of esters is 1. The molecule has 3 saturated carbocycles. The first-order chi connectivity index (χ1) is 24.4. The second kappa shape index (κ2) is 19.8. The predicted molar refractivity (Wildman–Crippen MR) is 214 cm³/mol. The molecule has 51 heavy (non-hydrogen) atoms. The lowest BCUT2D eigenvalue weighted by Gasteiger charge is -2.58. The molecule has 0 bridgehead atoms. The Labute approximate surface area is 315 Å². The third-order valence-electron chi connectivity index (χ3n) is 12.8. The molecule has 0 aromatic carbocycles. The highest BCUT2D eigenvalue weighted by molar-refractivity contribution is 8.76. The Hall–Kier alpha value is -2.12. The Kier molecular flexibility index (Phi) is 16.2. The predicted octanol–water partition coefficient (Wildman–Crippen LogP) is 5.36. The molecule has 4 aliphatic carbocycles. The second-order valence-electron chi connectivity index (χ2n) is 16.1. The summed E-state index contributed by atoms with van der Waals surface area (Å²) in [5, 5.41) is 2.89. The summed E-state index contributed by atoms with van der Waals surface area (Å²) in [5.41, 5.74) is 30.3. The van der Waals surface area contributed by atoms with Crippen LogP contribution in [-0.2, 0) is 14.3 Å². The maximum atomic E-state index is 13.0. The monoisotopic (exact) mass is 748 g/mol. The van der Waals surface area contributed by atoms with E-state index in [1.165, 1.54) is 80.6 Å². The summed E-state index contributed by atoms with van der Waals surface area (Å²) in [4.78, 5) is 33.7. The van der Waals surface area contributed by atoms with E-state index < -0.39 is 12.1 Å². The number of ether oxygens (including phenoxy) is 1. The van der Waals surface area contributed by atoms with E-state index in [2.05, 4.69) is 42.1 Å². The molecular formula is C38H68N8O3S2. The van der Waals surface area contributed by atoms with Gasteiger partial charge in [-0.1, -0.05) is 79.7 Å². The standard InChI is InChI=1S/C38H68N8O3S2/c1-4-5-6-7-10-25-13-15-29-28-14-12-26-23-27(16-18-38(26,3)30(28)17-19-37(25,29)2)49-34(48)31(39)24-51-50-22-21-44-33(47)32(46-36(42)43)11-8-9-20-45-35(40)41/h12,25,27-32H,4-11,13-24,39H2,1-3H3,(H,44,47)(H4,40,41,45)(H4,42,43,46). The zero-order chi connectivity index (χ0) is 37.0. The first-order valence-corrected chi connectivity index (χ1v) is 22.2. The number of unbranched alkanes of at least 4 members (excludes halogenated alkanes) is 4. The molecule has 0 saturated heterocycles. The lowest BCUT2D eigenvalue weighted by molar-refractivity contribution is -0.152. The maximum absolute atomic E-state index is 13.0. The number of nitrogens with two attached hydrogens (primary N) is 5. The van der Waals surface area contributed by atoms with Crippen LogP contribution < -0.4 is 34.0 Å². The second-order valence-corrected chi connectivity index (χ2v) is 18.7. The van der Waals surface area contributed by atoms with Crippen LogP contribution in [0.2, 0.25) is 0 Å². The van der Waals surface area contributed by atoms with Gasteiger partial charge >= 0.3 is 5.97 Å². The van der Waals surface area contributed by atoms with Gasteiger partial charge < -0.3 is 38.7 Å². The number of amides is 1. The topological polar surface area (TPSA) is 210 Å².